The molecule has 0 fully saturated rings. The summed E-state index contributed by atoms with van der Waals surface area (Å²) in [7, 11) is 0. The predicted octanol–water partition coefficient (Wildman–Crippen LogP) is 2.33. The molecule has 1 atom stereocenters. The van der Waals surface area contributed by atoms with E-state index in [-0.39, 0.29) is 11.9 Å². The molecule has 0 aliphatic heterocycles. The van der Waals surface area contributed by atoms with E-state index < -0.39 is 0 Å². The van der Waals surface area contributed by atoms with Crippen molar-refractivity contribution in [1.82, 2.24) is 5.43 Å². The minimum Gasteiger partial charge on any atom is -0.382 e. The van der Waals surface area contributed by atoms with Gasteiger partial charge in [-0.3, -0.25) is 11.3 Å². The molecule has 0 heterocycles. The van der Waals surface area contributed by atoms with E-state index in [0.29, 0.717) is 0 Å². The van der Waals surface area contributed by atoms with Gasteiger partial charge < -0.3 is 4.74 Å². The fraction of sp³-hybridized carbons (Fsp3) is 0.571. The van der Waals surface area contributed by atoms with Gasteiger partial charge in [0.1, 0.15) is 5.82 Å². The van der Waals surface area contributed by atoms with Crippen LogP contribution < -0.4 is 11.3 Å². The van der Waals surface area contributed by atoms with Crippen LogP contribution in [0.2, 0.25) is 0 Å². The molecule has 1 unspecified atom stereocenters. The highest BCUT2D eigenvalue weighted by molar-refractivity contribution is 5.27. The topological polar surface area (TPSA) is 47.3 Å². The molecule has 18 heavy (non-hydrogen) atoms. The maximum atomic E-state index is 13.2. The third-order valence-corrected chi connectivity index (χ3v) is 3.06. The van der Waals surface area contributed by atoms with Crippen LogP contribution in [0.1, 0.15) is 30.9 Å². The van der Waals surface area contributed by atoms with E-state index in [9.17, 15) is 4.39 Å². The molecule has 0 aliphatic rings. The predicted molar refractivity (Wildman–Crippen MR) is 71.7 cm³/mol. The number of benzene rings is 1. The van der Waals surface area contributed by atoms with Gasteiger partial charge in [-0.1, -0.05) is 6.07 Å². The summed E-state index contributed by atoms with van der Waals surface area (Å²) < 4.78 is 18.5. The summed E-state index contributed by atoms with van der Waals surface area (Å²) in [6.07, 6.45) is 2.62. The molecule has 3 N–H and O–H groups in total. The number of aryl methyl sites for hydroxylation is 1. The van der Waals surface area contributed by atoms with E-state index in [0.717, 1.165) is 43.6 Å². The van der Waals surface area contributed by atoms with Crippen molar-refractivity contribution >= 4 is 0 Å². The van der Waals surface area contributed by atoms with Crippen molar-refractivity contribution in [3.63, 3.8) is 0 Å². The number of halogens is 1. The Kier molecular flexibility index (Phi) is 6.86. The average Bonchev–Trinajstić information content (AvgIpc) is 2.37. The Bertz CT molecular complexity index is 358. The van der Waals surface area contributed by atoms with Crippen molar-refractivity contribution in [2.75, 3.05) is 13.2 Å². The second kappa shape index (κ2) is 8.19. The maximum Gasteiger partial charge on any atom is 0.123 e. The lowest BCUT2D eigenvalue weighted by molar-refractivity contribution is 0.140. The second-order valence-electron chi connectivity index (χ2n) is 4.48. The molecule has 0 saturated carbocycles. The molecule has 0 bridgehead atoms. The quantitative estimate of drug-likeness (QED) is 0.425. The molecule has 102 valence electrons. The standard InChI is InChI=1S/C14H23FN2O/c1-3-18-8-4-5-14(17-16)10-12-9-13(15)7-6-11(12)2/h6-7,9,14,17H,3-5,8,10,16H2,1-2H3. The highest BCUT2D eigenvalue weighted by Crippen LogP contribution is 2.14. The van der Waals surface area contributed by atoms with E-state index in [4.69, 9.17) is 10.6 Å². The Balaban J connectivity index is 2.48. The Morgan fingerprint density at radius 2 is 2.22 bits per heavy atom. The van der Waals surface area contributed by atoms with Gasteiger partial charge in [-0.25, -0.2) is 4.39 Å². The molecule has 0 radical (unpaired) electrons. The molecule has 1 aromatic rings. The van der Waals surface area contributed by atoms with Crippen LogP contribution in [0, 0.1) is 12.7 Å². The zero-order valence-corrected chi connectivity index (χ0v) is 11.2. The number of hydrogen-bond acceptors (Lipinski definition) is 3. The molecule has 1 rings (SSSR count). The van der Waals surface area contributed by atoms with Crippen LogP contribution in [-0.4, -0.2) is 19.3 Å². The first-order valence-corrected chi connectivity index (χ1v) is 6.46. The zero-order chi connectivity index (χ0) is 13.4. The highest BCUT2D eigenvalue weighted by Gasteiger charge is 2.10. The number of rotatable bonds is 8. The fourth-order valence-electron chi connectivity index (χ4n) is 1.95. The molecule has 1 aromatic carbocycles. The monoisotopic (exact) mass is 254 g/mol. The Labute approximate surface area is 108 Å². The second-order valence-corrected chi connectivity index (χ2v) is 4.48. The molecule has 3 nitrogen and oxygen atoms in total. The molecule has 4 heteroatoms. The van der Waals surface area contributed by atoms with Gasteiger partial charge in [0.15, 0.2) is 0 Å². The van der Waals surface area contributed by atoms with Crippen LogP contribution in [0.5, 0.6) is 0 Å². The van der Waals surface area contributed by atoms with E-state index >= 15 is 0 Å². The molecule has 0 aliphatic carbocycles. The summed E-state index contributed by atoms with van der Waals surface area (Å²) >= 11 is 0. The summed E-state index contributed by atoms with van der Waals surface area (Å²) in [5.74, 6) is 5.35. The third-order valence-electron chi connectivity index (χ3n) is 3.06. The van der Waals surface area contributed by atoms with Crippen LogP contribution in [0.15, 0.2) is 18.2 Å². The number of hydrazine groups is 1. The van der Waals surface area contributed by atoms with E-state index in [1.54, 1.807) is 12.1 Å². The fourth-order valence-corrected chi connectivity index (χ4v) is 1.95. The molecular formula is C14H23FN2O. The normalized spacial score (nSPS) is 12.7. The van der Waals surface area contributed by atoms with Gasteiger partial charge in [0.25, 0.3) is 0 Å². The maximum absolute atomic E-state index is 13.2. The Hall–Kier alpha value is -0.970. The summed E-state index contributed by atoms with van der Waals surface area (Å²) in [5, 5.41) is 0. The summed E-state index contributed by atoms with van der Waals surface area (Å²) in [5.41, 5.74) is 4.90. The summed E-state index contributed by atoms with van der Waals surface area (Å²) in [4.78, 5) is 0. The molecule has 0 saturated heterocycles. The Morgan fingerprint density at radius 3 is 2.89 bits per heavy atom. The van der Waals surface area contributed by atoms with Crippen LogP contribution in [-0.2, 0) is 11.2 Å². The van der Waals surface area contributed by atoms with Crippen molar-refractivity contribution in [2.24, 2.45) is 5.84 Å². The number of ether oxygens (including phenoxy) is 1. The molecular weight excluding hydrogens is 231 g/mol. The van der Waals surface area contributed by atoms with Crippen molar-refractivity contribution in [1.29, 1.82) is 0 Å². The number of hydrogen-bond donors (Lipinski definition) is 2. The molecule has 0 amide bonds. The van der Waals surface area contributed by atoms with E-state index in [1.807, 2.05) is 13.8 Å². The number of nitrogens with one attached hydrogen (secondary N) is 1. The highest BCUT2D eigenvalue weighted by atomic mass is 19.1. The smallest absolute Gasteiger partial charge is 0.123 e. The third kappa shape index (κ3) is 5.12. The van der Waals surface area contributed by atoms with Gasteiger partial charge >= 0.3 is 0 Å². The van der Waals surface area contributed by atoms with Gasteiger partial charge in [-0.15, -0.1) is 0 Å². The summed E-state index contributed by atoms with van der Waals surface area (Å²) in [6, 6.07) is 5.03. The van der Waals surface area contributed by atoms with Crippen molar-refractivity contribution in [3.05, 3.63) is 35.1 Å². The minimum atomic E-state index is -0.194. The van der Waals surface area contributed by atoms with Crippen LogP contribution >= 0.6 is 0 Å². The average molecular weight is 254 g/mol. The van der Waals surface area contributed by atoms with Crippen LogP contribution in [0.3, 0.4) is 0 Å². The first kappa shape index (κ1) is 15.1. The van der Waals surface area contributed by atoms with E-state index in [1.165, 1.54) is 6.07 Å². The molecule has 0 spiro atoms. The Morgan fingerprint density at radius 1 is 1.44 bits per heavy atom. The summed E-state index contributed by atoms with van der Waals surface area (Å²) in [6.45, 7) is 5.46. The van der Waals surface area contributed by atoms with Gasteiger partial charge in [0.05, 0.1) is 0 Å². The SMILES string of the molecule is CCOCCCC(Cc1cc(F)ccc1C)NN. The van der Waals surface area contributed by atoms with E-state index in [2.05, 4.69) is 5.43 Å². The van der Waals surface area contributed by atoms with Gasteiger partial charge in [-0.2, -0.15) is 0 Å². The van der Waals surface area contributed by atoms with Crippen molar-refractivity contribution in [3.8, 4) is 0 Å². The van der Waals surface area contributed by atoms with Gasteiger partial charge in [0, 0.05) is 19.3 Å². The number of nitrogens with two attached hydrogens (primary N) is 1. The lowest BCUT2D eigenvalue weighted by atomic mass is 9.98. The minimum absolute atomic E-state index is 0.158. The van der Waals surface area contributed by atoms with Gasteiger partial charge in [-0.05, 0) is 56.4 Å². The van der Waals surface area contributed by atoms with Crippen molar-refractivity contribution in [2.45, 2.75) is 39.2 Å². The van der Waals surface area contributed by atoms with Crippen LogP contribution in [0.25, 0.3) is 0 Å². The first-order valence-electron chi connectivity index (χ1n) is 6.46. The largest absolute Gasteiger partial charge is 0.382 e. The first-order chi connectivity index (χ1) is 8.67. The lowest BCUT2D eigenvalue weighted by Gasteiger charge is -2.17. The zero-order valence-electron chi connectivity index (χ0n) is 11.2. The lowest BCUT2D eigenvalue weighted by Crippen LogP contribution is -2.37. The van der Waals surface area contributed by atoms with Crippen LogP contribution in [0.4, 0.5) is 4.39 Å². The van der Waals surface area contributed by atoms with Crippen molar-refractivity contribution < 1.29 is 9.13 Å². The molecule has 0 aromatic heterocycles. The van der Waals surface area contributed by atoms with Gasteiger partial charge in [0.2, 0.25) is 0 Å².